The number of methoxy groups -OCH3 is 1. The van der Waals surface area contributed by atoms with Crippen molar-refractivity contribution in [3.05, 3.63) is 59.7 Å². The molecule has 0 aliphatic carbocycles. The summed E-state index contributed by atoms with van der Waals surface area (Å²) in [7, 11) is 1.67. The molecular formula is C19H22N2O2. The van der Waals surface area contributed by atoms with Gasteiger partial charge in [0.25, 0.3) is 0 Å². The van der Waals surface area contributed by atoms with Gasteiger partial charge in [-0.15, -0.1) is 0 Å². The Morgan fingerprint density at radius 2 is 1.87 bits per heavy atom. The molecule has 2 aromatic rings. The first-order chi connectivity index (χ1) is 11.2. The SMILES string of the molecule is COc1ccc(C2CCN(C(=O)Cc3ccc(N)cc3)C2)cc1. The topological polar surface area (TPSA) is 55.6 Å². The molecule has 1 aliphatic rings. The van der Waals surface area contributed by atoms with Gasteiger partial charge in [0.15, 0.2) is 0 Å². The highest BCUT2D eigenvalue weighted by Gasteiger charge is 2.27. The summed E-state index contributed by atoms with van der Waals surface area (Å²) in [6.45, 7) is 1.62. The second-order valence-corrected chi connectivity index (χ2v) is 6.02. The molecule has 1 unspecified atom stereocenters. The molecule has 1 fully saturated rings. The second-order valence-electron chi connectivity index (χ2n) is 6.02. The maximum absolute atomic E-state index is 12.5. The minimum atomic E-state index is 0.186. The smallest absolute Gasteiger partial charge is 0.227 e. The number of hydrogen-bond donors (Lipinski definition) is 1. The van der Waals surface area contributed by atoms with Crippen molar-refractivity contribution < 1.29 is 9.53 Å². The van der Waals surface area contributed by atoms with Crippen molar-refractivity contribution in [3.63, 3.8) is 0 Å². The van der Waals surface area contributed by atoms with Crippen molar-refractivity contribution in [1.29, 1.82) is 0 Å². The van der Waals surface area contributed by atoms with Gasteiger partial charge >= 0.3 is 0 Å². The zero-order valence-corrected chi connectivity index (χ0v) is 13.4. The fourth-order valence-corrected chi connectivity index (χ4v) is 3.06. The first-order valence-electron chi connectivity index (χ1n) is 7.92. The third-order valence-electron chi connectivity index (χ3n) is 4.46. The molecule has 2 N–H and O–H groups in total. The first kappa shape index (κ1) is 15.4. The summed E-state index contributed by atoms with van der Waals surface area (Å²) < 4.78 is 5.19. The van der Waals surface area contributed by atoms with Crippen molar-refractivity contribution in [3.8, 4) is 5.75 Å². The Kier molecular flexibility index (Phi) is 4.51. The Balaban J connectivity index is 1.60. The van der Waals surface area contributed by atoms with E-state index in [9.17, 15) is 4.79 Å². The van der Waals surface area contributed by atoms with Crippen LogP contribution in [-0.2, 0) is 11.2 Å². The van der Waals surface area contributed by atoms with Crippen LogP contribution in [0.15, 0.2) is 48.5 Å². The zero-order chi connectivity index (χ0) is 16.2. The first-order valence-corrected chi connectivity index (χ1v) is 7.92. The van der Waals surface area contributed by atoms with E-state index >= 15 is 0 Å². The van der Waals surface area contributed by atoms with Crippen molar-refractivity contribution >= 4 is 11.6 Å². The van der Waals surface area contributed by atoms with Crippen molar-refractivity contribution in [2.75, 3.05) is 25.9 Å². The third-order valence-corrected chi connectivity index (χ3v) is 4.46. The van der Waals surface area contributed by atoms with E-state index in [0.29, 0.717) is 12.3 Å². The number of carbonyl (C=O) groups excluding carboxylic acids is 1. The Bertz CT molecular complexity index is 665. The Morgan fingerprint density at radius 3 is 2.52 bits per heavy atom. The van der Waals surface area contributed by atoms with E-state index in [0.717, 1.165) is 36.5 Å². The van der Waals surface area contributed by atoms with Gasteiger partial charge in [0, 0.05) is 24.7 Å². The highest BCUT2D eigenvalue weighted by molar-refractivity contribution is 5.79. The molecular weight excluding hydrogens is 288 g/mol. The van der Waals surface area contributed by atoms with Gasteiger partial charge in [0.05, 0.1) is 13.5 Å². The summed E-state index contributed by atoms with van der Waals surface area (Å²) in [5, 5.41) is 0. The number of amides is 1. The lowest BCUT2D eigenvalue weighted by molar-refractivity contribution is -0.129. The van der Waals surface area contributed by atoms with Gasteiger partial charge in [0.1, 0.15) is 5.75 Å². The molecule has 0 bridgehead atoms. The summed E-state index contributed by atoms with van der Waals surface area (Å²) in [5.41, 5.74) is 8.69. The molecule has 4 heteroatoms. The van der Waals surface area contributed by atoms with E-state index in [4.69, 9.17) is 10.5 Å². The average molecular weight is 310 g/mol. The molecule has 0 aromatic heterocycles. The number of nitrogens with zero attached hydrogens (tertiary/aromatic N) is 1. The van der Waals surface area contributed by atoms with E-state index in [1.807, 2.05) is 41.3 Å². The molecule has 1 saturated heterocycles. The molecule has 4 nitrogen and oxygen atoms in total. The number of carbonyl (C=O) groups is 1. The number of rotatable bonds is 4. The minimum Gasteiger partial charge on any atom is -0.497 e. The average Bonchev–Trinajstić information content (AvgIpc) is 3.07. The van der Waals surface area contributed by atoms with Gasteiger partial charge in [-0.2, -0.15) is 0 Å². The van der Waals surface area contributed by atoms with Gasteiger partial charge < -0.3 is 15.4 Å². The van der Waals surface area contributed by atoms with Crippen LogP contribution in [0.1, 0.15) is 23.5 Å². The second kappa shape index (κ2) is 6.73. The predicted octanol–water partition coefficient (Wildman–Crippen LogP) is 2.84. The normalized spacial score (nSPS) is 17.3. The number of nitrogen functional groups attached to an aromatic ring is 1. The number of hydrogen-bond acceptors (Lipinski definition) is 3. The van der Waals surface area contributed by atoms with E-state index in [1.54, 1.807) is 7.11 Å². The monoisotopic (exact) mass is 310 g/mol. The molecule has 1 amide bonds. The van der Waals surface area contributed by atoms with Crippen LogP contribution < -0.4 is 10.5 Å². The van der Waals surface area contributed by atoms with E-state index in [2.05, 4.69) is 12.1 Å². The zero-order valence-electron chi connectivity index (χ0n) is 13.4. The van der Waals surface area contributed by atoms with Crippen LogP contribution in [0.5, 0.6) is 5.75 Å². The molecule has 3 rings (SSSR count). The van der Waals surface area contributed by atoms with Crippen LogP contribution in [0.2, 0.25) is 0 Å². The van der Waals surface area contributed by atoms with Crippen molar-refractivity contribution in [2.24, 2.45) is 0 Å². The fraction of sp³-hybridized carbons (Fsp3) is 0.316. The van der Waals surface area contributed by atoms with Crippen LogP contribution in [-0.4, -0.2) is 31.0 Å². The van der Waals surface area contributed by atoms with Gasteiger partial charge in [-0.25, -0.2) is 0 Å². The molecule has 2 aromatic carbocycles. The predicted molar refractivity (Wildman–Crippen MR) is 91.5 cm³/mol. The quantitative estimate of drug-likeness (QED) is 0.884. The fourth-order valence-electron chi connectivity index (χ4n) is 3.06. The lowest BCUT2D eigenvalue weighted by atomic mass is 9.98. The van der Waals surface area contributed by atoms with Crippen LogP contribution in [0.25, 0.3) is 0 Å². The van der Waals surface area contributed by atoms with Crippen molar-refractivity contribution in [2.45, 2.75) is 18.8 Å². The number of nitrogens with two attached hydrogens (primary N) is 1. The molecule has 0 spiro atoms. The Hall–Kier alpha value is -2.49. The lowest BCUT2D eigenvalue weighted by Crippen LogP contribution is -2.29. The maximum atomic E-state index is 12.5. The largest absolute Gasteiger partial charge is 0.497 e. The highest BCUT2D eigenvalue weighted by Crippen LogP contribution is 2.28. The van der Waals surface area contributed by atoms with E-state index in [1.165, 1.54) is 5.56 Å². The summed E-state index contributed by atoms with van der Waals surface area (Å²) in [5.74, 6) is 1.46. The number of ether oxygens (including phenoxy) is 1. The van der Waals surface area contributed by atoms with Gasteiger partial charge in [-0.05, 0) is 41.8 Å². The summed E-state index contributed by atoms with van der Waals surface area (Å²) in [6.07, 6.45) is 1.45. The molecule has 1 heterocycles. The van der Waals surface area contributed by atoms with Crippen LogP contribution in [0, 0.1) is 0 Å². The molecule has 1 atom stereocenters. The molecule has 1 aliphatic heterocycles. The number of benzene rings is 2. The number of likely N-dealkylation sites (tertiary alicyclic amines) is 1. The molecule has 0 saturated carbocycles. The van der Waals surface area contributed by atoms with Crippen LogP contribution in [0.4, 0.5) is 5.69 Å². The highest BCUT2D eigenvalue weighted by atomic mass is 16.5. The molecule has 23 heavy (non-hydrogen) atoms. The standard InChI is InChI=1S/C19H22N2O2/c1-23-18-8-4-15(5-9-18)16-10-11-21(13-16)19(22)12-14-2-6-17(20)7-3-14/h2-9,16H,10-13,20H2,1H3. The Morgan fingerprint density at radius 1 is 1.17 bits per heavy atom. The Labute approximate surface area is 136 Å². The lowest BCUT2D eigenvalue weighted by Gasteiger charge is -2.17. The van der Waals surface area contributed by atoms with E-state index < -0.39 is 0 Å². The maximum Gasteiger partial charge on any atom is 0.227 e. The van der Waals surface area contributed by atoms with Crippen molar-refractivity contribution in [1.82, 2.24) is 4.90 Å². The van der Waals surface area contributed by atoms with Gasteiger partial charge in [-0.1, -0.05) is 24.3 Å². The summed E-state index contributed by atoms with van der Waals surface area (Å²) in [4.78, 5) is 14.4. The van der Waals surface area contributed by atoms with Crippen LogP contribution >= 0.6 is 0 Å². The van der Waals surface area contributed by atoms with Gasteiger partial charge in [-0.3, -0.25) is 4.79 Å². The molecule has 120 valence electrons. The van der Waals surface area contributed by atoms with E-state index in [-0.39, 0.29) is 5.91 Å². The summed E-state index contributed by atoms with van der Waals surface area (Å²) in [6, 6.07) is 15.7. The number of anilines is 1. The summed E-state index contributed by atoms with van der Waals surface area (Å²) >= 11 is 0. The minimum absolute atomic E-state index is 0.186. The third kappa shape index (κ3) is 3.65. The molecule has 0 radical (unpaired) electrons. The van der Waals surface area contributed by atoms with Gasteiger partial charge in [0.2, 0.25) is 5.91 Å². The van der Waals surface area contributed by atoms with Crippen LogP contribution in [0.3, 0.4) is 0 Å².